The second-order valence-electron chi connectivity index (χ2n) is 6.49. The van der Waals surface area contributed by atoms with Crippen molar-refractivity contribution in [2.24, 2.45) is 5.92 Å². The lowest BCUT2D eigenvalue weighted by atomic mass is 9.82. The van der Waals surface area contributed by atoms with Crippen LogP contribution in [0.25, 0.3) is 0 Å². The van der Waals surface area contributed by atoms with Gasteiger partial charge < -0.3 is 10.0 Å². The number of carboxylic acids is 1. The molecule has 2 atom stereocenters. The first-order chi connectivity index (χ1) is 9.75. The van der Waals surface area contributed by atoms with Gasteiger partial charge >= 0.3 is 5.97 Å². The summed E-state index contributed by atoms with van der Waals surface area (Å²) >= 11 is 0. The monoisotopic (exact) mass is 293 g/mol. The molecule has 1 amide bonds. The topological polar surface area (TPSA) is 75.4 Å². The number of aryl methyl sites for hydroxylation is 1. The maximum Gasteiger partial charge on any atom is 0.308 e. The van der Waals surface area contributed by atoms with Crippen LogP contribution in [0.3, 0.4) is 0 Å². The summed E-state index contributed by atoms with van der Waals surface area (Å²) in [5.41, 5.74) is 0.372. The quantitative estimate of drug-likeness (QED) is 0.925. The smallest absolute Gasteiger partial charge is 0.308 e. The second kappa shape index (κ2) is 5.50. The molecule has 0 bridgehead atoms. The molecule has 0 spiro atoms. The normalized spacial score (nSPS) is 23.4. The molecular weight excluding hydrogens is 270 g/mol. The summed E-state index contributed by atoms with van der Waals surface area (Å²) in [7, 11) is 0. The summed E-state index contributed by atoms with van der Waals surface area (Å²) in [5.74, 6) is -1.43. The molecule has 1 aliphatic rings. The molecule has 1 saturated heterocycles. The van der Waals surface area contributed by atoms with Gasteiger partial charge in [0.2, 0.25) is 5.91 Å². The van der Waals surface area contributed by atoms with Crippen molar-refractivity contribution in [2.75, 3.05) is 0 Å². The number of aliphatic carboxylic acids is 1. The fourth-order valence-corrected chi connectivity index (χ4v) is 3.03. The van der Waals surface area contributed by atoms with E-state index in [1.54, 1.807) is 15.8 Å². The Bertz CT molecular complexity index is 545. The van der Waals surface area contributed by atoms with Crippen LogP contribution in [0.5, 0.6) is 0 Å². The molecule has 2 heterocycles. The average Bonchev–Trinajstić information content (AvgIpc) is 2.84. The first kappa shape index (κ1) is 15.5. The van der Waals surface area contributed by atoms with Crippen LogP contribution in [0.1, 0.15) is 52.1 Å². The minimum Gasteiger partial charge on any atom is -0.481 e. The Morgan fingerprint density at radius 2 is 2.14 bits per heavy atom. The summed E-state index contributed by atoms with van der Waals surface area (Å²) < 4.78 is 1.76. The molecule has 2 unspecified atom stereocenters. The lowest BCUT2D eigenvalue weighted by Crippen LogP contribution is -2.53. The molecule has 1 aromatic heterocycles. The van der Waals surface area contributed by atoms with Crippen molar-refractivity contribution < 1.29 is 14.7 Å². The van der Waals surface area contributed by atoms with E-state index in [-0.39, 0.29) is 12.3 Å². The number of rotatable bonds is 3. The summed E-state index contributed by atoms with van der Waals surface area (Å²) in [5, 5.41) is 13.8. The van der Waals surface area contributed by atoms with Gasteiger partial charge in [0.15, 0.2) is 0 Å². The van der Waals surface area contributed by atoms with E-state index in [4.69, 9.17) is 0 Å². The Balaban J connectivity index is 2.48. The number of hydrogen-bond donors (Lipinski definition) is 1. The van der Waals surface area contributed by atoms with Gasteiger partial charge in [-0.05, 0) is 34.1 Å². The van der Waals surface area contributed by atoms with Crippen molar-refractivity contribution in [3.05, 3.63) is 18.0 Å². The fourth-order valence-electron chi connectivity index (χ4n) is 3.03. The third-order valence-electron chi connectivity index (χ3n) is 3.96. The third kappa shape index (κ3) is 2.94. The molecule has 1 N–H and O–H groups in total. The van der Waals surface area contributed by atoms with Crippen LogP contribution in [0.2, 0.25) is 0 Å². The zero-order valence-electron chi connectivity index (χ0n) is 13.0. The van der Waals surface area contributed by atoms with Crippen molar-refractivity contribution in [1.29, 1.82) is 0 Å². The highest BCUT2D eigenvalue weighted by Gasteiger charge is 2.45. The summed E-state index contributed by atoms with van der Waals surface area (Å²) in [4.78, 5) is 25.7. The number of aromatic nitrogens is 2. The van der Waals surface area contributed by atoms with E-state index in [1.165, 1.54) is 0 Å². The number of hydrogen-bond acceptors (Lipinski definition) is 3. The molecule has 6 nitrogen and oxygen atoms in total. The fraction of sp³-hybridized carbons (Fsp3) is 0.667. The largest absolute Gasteiger partial charge is 0.481 e. The molecule has 1 aromatic rings. The van der Waals surface area contributed by atoms with Crippen molar-refractivity contribution in [2.45, 2.75) is 58.7 Å². The van der Waals surface area contributed by atoms with Crippen LogP contribution >= 0.6 is 0 Å². The molecule has 1 fully saturated rings. The second-order valence-corrected chi connectivity index (χ2v) is 6.49. The third-order valence-corrected chi connectivity index (χ3v) is 3.96. The van der Waals surface area contributed by atoms with Gasteiger partial charge in [-0.25, -0.2) is 0 Å². The first-order valence-electron chi connectivity index (χ1n) is 7.33. The van der Waals surface area contributed by atoms with E-state index in [0.29, 0.717) is 13.0 Å². The van der Waals surface area contributed by atoms with Gasteiger partial charge in [0.1, 0.15) is 0 Å². The molecule has 1 aliphatic heterocycles. The van der Waals surface area contributed by atoms with E-state index >= 15 is 0 Å². The van der Waals surface area contributed by atoms with Crippen molar-refractivity contribution >= 4 is 11.9 Å². The lowest BCUT2D eigenvalue weighted by molar-refractivity contribution is -0.156. The Labute approximate surface area is 124 Å². The van der Waals surface area contributed by atoms with Crippen molar-refractivity contribution in [3.63, 3.8) is 0 Å². The molecule has 21 heavy (non-hydrogen) atoms. The zero-order valence-corrected chi connectivity index (χ0v) is 13.0. The summed E-state index contributed by atoms with van der Waals surface area (Å²) in [6.07, 6.45) is 4.19. The maximum atomic E-state index is 12.4. The number of carbonyl (C=O) groups is 2. The number of likely N-dealkylation sites (tertiary alicyclic amines) is 1. The Hall–Kier alpha value is -1.85. The molecule has 116 valence electrons. The minimum absolute atomic E-state index is 0.00856. The van der Waals surface area contributed by atoms with E-state index in [9.17, 15) is 14.7 Å². The van der Waals surface area contributed by atoms with E-state index in [1.807, 2.05) is 33.9 Å². The molecule has 6 heteroatoms. The molecule has 0 aliphatic carbocycles. The summed E-state index contributed by atoms with van der Waals surface area (Å²) in [6.45, 7) is 8.50. The van der Waals surface area contributed by atoms with Gasteiger partial charge in [0.25, 0.3) is 0 Å². The standard InChI is InChI=1S/C15H23N3O3/c1-5-17-9-10(8-16-17)13-11(14(20)21)6-7-12(19)18(13)15(2,3)4/h8-9,11,13H,5-7H2,1-4H3,(H,20,21). The number of carbonyl (C=O) groups excluding carboxylic acids is 1. The Kier molecular flexibility index (Phi) is 4.07. The number of piperidine rings is 1. The van der Waals surface area contributed by atoms with Crippen LogP contribution in [0.15, 0.2) is 12.4 Å². The van der Waals surface area contributed by atoms with Crippen molar-refractivity contribution in [3.8, 4) is 0 Å². The predicted octanol–water partition coefficient (Wildman–Crippen LogP) is 2.07. The SMILES string of the molecule is CCn1cc(C2C(C(=O)O)CCC(=O)N2C(C)(C)C)cn1. The number of amides is 1. The van der Waals surface area contributed by atoms with Gasteiger partial charge in [0, 0.05) is 30.3 Å². The Morgan fingerprint density at radius 1 is 1.48 bits per heavy atom. The minimum atomic E-state index is -0.856. The van der Waals surface area contributed by atoms with Crippen molar-refractivity contribution in [1.82, 2.24) is 14.7 Å². The first-order valence-corrected chi connectivity index (χ1v) is 7.33. The van der Waals surface area contributed by atoms with Crippen LogP contribution < -0.4 is 0 Å². The predicted molar refractivity (Wildman–Crippen MR) is 77.6 cm³/mol. The number of nitrogens with zero attached hydrogens (tertiary/aromatic N) is 3. The van der Waals surface area contributed by atoms with E-state index in [0.717, 1.165) is 5.56 Å². The van der Waals surface area contributed by atoms with Crippen LogP contribution in [0, 0.1) is 5.92 Å². The maximum absolute atomic E-state index is 12.4. The molecule has 0 saturated carbocycles. The molecule has 2 rings (SSSR count). The highest BCUT2D eigenvalue weighted by molar-refractivity contribution is 5.82. The van der Waals surface area contributed by atoms with Gasteiger partial charge in [-0.3, -0.25) is 14.3 Å². The summed E-state index contributed by atoms with van der Waals surface area (Å²) in [6, 6.07) is -0.455. The van der Waals surface area contributed by atoms with Gasteiger partial charge in [-0.2, -0.15) is 5.10 Å². The highest BCUT2D eigenvalue weighted by atomic mass is 16.4. The highest BCUT2D eigenvalue weighted by Crippen LogP contribution is 2.40. The van der Waals surface area contributed by atoms with Crippen LogP contribution in [0.4, 0.5) is 0 Å². The molecule has 0 radical (unpaired) electrons. The average molecular weight is 293 g/mol. The van der Waals surface area contributed by atoms with Crippen LogP contribution in [-0.2, 0) is 16.1 Å². The van der Waals surface area contributed by atoms with Crippen LogP contribution in [-0.4, -0.2) is 37.2 Å². The van der Waals surface area contributed by atoms with E-state index in [2.05, 4.69) is 5.10 Å². The Morgan fingerprint density at radius 3 is 2.62 bits per heavy atom. The van der Waals surface area contributed by atoms with Gasteiger partial charge in [0.05, 0.1) is 18.2 Å². The molecular formula is C15H23N3O3. The molecule has 0 aromatic carbocycles. The number of carboxylic acid groups (broad SMARTS) is 1. The lowest BCUT2D eigenvalue weighted by Gasteiger charge is -2.46. The van der Waals surface area contributed by atoms with Gasteiger partial charge in [-0.1, -0.05) is 0 Å². The zero-order chi connectivity index (χ0) is 15.8. The van der Waals surface area contributed by atoms with E-state index < -0.39 is 23.5 Å². The van der Waals surface area contributed by atoms with Gasteiger partial charge in [-0.15, -0.1) is 0 Å².